The molecule has 0 heterocycles. The van der Waals surface area contributed by atoms with Crippen LogP contribution in [0.15, 0.2) is 24.3 Å². The van der Waals surface area contributed by atoms with Gasteiger partial charge in [-0.2, -0.15) is 18.4 Å². The molecule has 0 aliphatic heterocycles. The van der Waals surface area contributed by atoms with Crippen molar-refractivity contribution in [3.63, 3.8) is 0 Å². The van der Waals surface area contributed by atoms with Gasteiger partial charge in [0.05, 0.1) is 6.54 Å². The minimum Gasteiger partial charge on any atom is -0.479 e. The van der Waals surface area contributed by atoms with Crippen molar-refractivity contribution < 1.29 is 17.9 Å². The lowest BCUT2D eigenvalue weighted by Gasteiger charge is -2.08. The Kier molecular flexibility index (Phi) is 4.79. The largest absolute Gasteiger partial charge is 0.479 e. The Morgan fingerprint density at radius 1 is 1.24 bits per heavy atom. The SMILES string of the molecule is N#CCOc1ccc(CNCC(F)(F)F)cc1. The summed E-state index contributed by atoms with van der Waals surface area (Å²) < 4.78 is 40.6. The molecule has 0 atom stereocenters. The zero-order valence-corrected chi connectivity index (χ0v) is 8.92. The van der Waals surface area contributed by atoms with Crippen LogP contribution in [0.1, 0.15) is 5.56 Å². The van der Waals surface area contributed by atoms with Crippen LogP contribution in [0.2, 0.25) is 0 Å². The van der Waals surface area contributed by atoms with Crippen molar-refractivity contribution >= 4 is 0 Å². The number of nitrogens with one attached hydrogen (secondary N) is 1. The Morgan fingerprint density at radius 2 is 1.88 bits per heavy atom. The van der Waals surface area contributed by atoms with Crippen LogP contribution in [-0.4, -0.2) is 19.3 Å². The maximum Gasteiger partial charge on any atom is 0.401 e. The highest BCUT2D eigenvalue weighted by Crippen LogP contribution is 2.14. The normalized spacial score (nSPS) is 10.9. The first kappa shape index (κ1) is 13.3. The molecule has 0 unspecified atom stereocenters. The number of alkyl halides is 3. The highest BCUT2D eigenvalue weighted by Gasteiger charge is 2.25. The zero-order chi connectivity index (χ0) is 12.7. The van der Waals surface area contributed by atoms with Crippen molar-refractivity contribution in [1.82, 2.24) is 5.32 Å². The fraction of sp³-hybridized carbons (Fsp3) is 0.364. The average molecular weight is 244 g/mol. The molecule has 3 nitrogen and oxygen atoms in total. The molecule has 1 aromatic rings. The summed E-state index contributed by atoms with van der Waals surface area (Å²) in [7, 11) is 0. The number of hydrogen-bond donors (Lipinski definition) is 1. The third kappa shape index (κ3) is 5.78. The van der Waals surface area contributed by atoms with E-state index >= 15 is 0 Å². The van der Waals surface area contributed by atoms with E-state index in [0.717, 1.165) is 5.56 Å². The number of benzene rings is 1. The number of halogens is 3. The van der Waals surface area contributed by atoms with E-state index in [9.17, 15) is 13.2 Å². The molecule has 1 N–H and O–H groups in total. The van der Waals surface area contributed by atoms with Gasteiger partial charge in [-0.3, -0.25) is 0 Å². The summed E-state index contributed by atoms with van der Waals surface area (Å²) in [4.78, 5) is 0. The Bertz CT molecular complexity index is 381. The first-order valence-corrected chi connectivity index (χ1v) is 4.87. The molecule has 0 amide bonds. The Morgan fingerprint density at radius 3 is 2.41 bits per heavy atom. The van der Waals surface area contributed by atoms with Gasteiger partial charge in [-0.05, 0) is 17.7 Å². The number of nitrogens with zero attached hydrogens (tertiary/aromatic N) is 1. The molecule has 0 radical (unpaired) electrons. The minimum absolute atomic E-state index is 0.0499. The molecular formula is C11H11F3N2O. The summed E-state index contributed by atoms with van der Waals surface area (Å²) in [6.45, 7) is -0.927. The maximum atomic E-state index is 11.8. The zero-order valence-electron chi connectivity index (χ0n) is 8.92. The first-order valence-electron chi connectivity index (χ1n) is 4.87. The van der Waals surface area contributed by atoms with Crippen LogP contribution in [0.5, 0.6) is 5.75 Å². The molecule has 0 bridgehead atoms. The smallest absolute Gasteiger partial charge is 0.401 e. The first-order chi connectivity index (χ1) is 8.01. The molecule has 0 spiro atoms. The van der Waals surface area contributed by atoms with Crippen LogP contribution >= 0.6 is 0 Å². The molecule has 0 aliphatic carbocycles. The molecule has 17 heavy (non-hydrogen) atoms. The van der Waals surface area contributed by atoms with Crippen molar-refractivity contribution in [3.8, 4) is 11.8 Å². The third-order valence-electron chi connectivity index (χ3n) is 1.88. The lowest BCUT2D eigenvalue weighted by Crippen LogP contribution is -2.28. The molecule has 92 valence electrons. The van der Waals surface area contributed by atoms with Gasteiger partial charge < -0.3 is 10.1 Å². The average Bonchev–Trinajstić information content (AvgIpc) is 2.26. The van der Waals surface area contributed by atoms with E-state index in [2.05, 4.69) is 5.32 Å². The van der Waals surface area contributed by atoms with Gasteiger partial charge in [0, 0.05) is 6.54 Å². The van der Waals surface area contributed by atoms with Crippen LogP contribution in [0.3, 0.4) is 0 Å². The molecule has 1 aromatic carbocycles. The predicted molar refractivity (Wildman–Crippen MR) is 55.3 cm³/mol. The van der Waals surface area contributed by atoms with Crippen molar-refractivity contribution in [2.45, 2.75) is 12.7 Å². The third-order valence-corrected chi connectivity index (χ3v) is 1.88. The van der Waals surface area contributed by atoms with E-state index in [1.165, 1.54) is 0 Å². The van der Waals surface area contributed by atoms with Crippen LogP contribution in [0.25, 0.3) is 0 Å². The predicted octanol–water partition coefficient (Wildman–Crippen LogP) is 2.24. The van der Waals surface area contributed by atoms with E-state index in [-0.39, 0.29) is 13.2 Å². The Labute approximate surface area is 96.8 Å². The van der Waals surface area contributed by atoms with Gasteiger partial charge in [-0.1, -0.05) is 12.1 Å². The topological polar surface area (TPSA) is 45.0 Å². The van der Waals surface area contributed by atoms with E-state index in [4.69, 9.17) is 10.00 Å². The number of nitriles is 1. The second kappa shape index (κ2) is 6.11. The molecule has 0 fully saturated rings. The summed E-state index contributed by atoms with van der Waals surface area (Å²) in [5.74, 6) is 0.520. The van der Waals surface area contributed by atoms with Crippen LogP contribution < -0.4 is 10.1 Å². The van der Waals surface area contributed by atoms with Crippen LogP contribution in [0.4, 0.5) is 13.2 Å². The van der Waals surface area contributed by atoms with E-state index < -0.39 is 12.7 Å². The van der Waals surface area contributed by atoms with E-state index in [1.807, 2.05) is 6.07 Å². The van der Waals surface area contributed by atoms with Crippen molar-refractivity contribution in [2.75, 3.05) is 13.2 Å². The van der Waals surface area contributed by atoms with E-state index in [1.54, 1.807) is 24.3 Å². The standard InChI is InChI=1S/C11H11F3N2O/c12-11(13,14)8-16-7-9-1-3-10(4-2-9)17-6-5-15/h1-4,16H,6-8H2. The lowest BCUT2D eigenvalue weighted by atomic mass is 10.2. The van der Waals surface area contributed by atoms with Gasteiger partial charge in [0.2, 0.25) is 0 Å². The second-order valence-corrected chi connectivity index (χ2v) is 3.31. The van der Waals surface area contributed by atoms with Crippen molar-refractivity contribution in [1.29, 1.82) is 5.26 Å². The van der Waals surface area contributed by atoms with Crippen LogP contribution in [0, 0.1) is 11.3 Å². The molecule has 6 heteroatoms. The highest BCUT2D eigenvalue weighted by atomic mass is 19.4. The number of hydrogen-bond acceptors (Lipinski definition) is 3. The minimum atomic E-state index is -4.20. The molecule has 0 saturated carbocycles. The summed E-state index contributed by atoms with van der Waals surface area (Å²) >= 11 is 0. The van der Waals surface area contributed by atoms with Gasteiger partial charge in [0.15, 0.2) is 6.61 Å². The summed E-state index contributed by atoms with van der Waals surface area (Å²) in [5.41, 5.74) is 0.721. The molecule has 0 aromatic heterocycles. The highest BCUT2D eigenvalue weighted by molar-refractivity contribution is 5.27. The summed E-state index contributed by atoms with van der Waals surface area (Å²) in [6, 6.07) is 8.35. The van der Waals surface area contributed by atoms with Crippen molar-refractivity contribution in [3.05, 3.63) is 29.8 Å². The van der Waals surface area contributed by atoms with E-state index in [0.29, 0.717) is 5.75 Å². The van der Waals surface area contributed by atoms with Gasteiger partial charge >= 0.3 is 6.18 Å². The molecular weight excluding hydrogens is 233 g/mol. The monoisotopic (exact) mass is 244 g/mol. The quantitative estimate of drug-likeness (QED) is 0.863. The van der Waals surface area contributed by atoms with Gasteiger partial charge in [0.25, 0.3) is 0 Å². The van der Waals surface area contributed by atoms with Gasteiger partial charge in [0.1, 0.15) is 11.8 Å². The van der Waals surface area contributed by atoms with Crippen molar-refractivity contribution in [2.24, 2.45) is 0 Å². The van der Waals surface area contributed by atoms with Crippen LogP contribution in [-0.2, 0) is 6.54 Å². The van der Waals surface area contributed by atoms with Gasteiger partial charge in [-0.25, -0.2) is 0 Å². The summed E-state index contributed by atoms with van der Waals surface area (Å²) in [6.07, 6.45) is -4.20. The fourth-order valence-corrected chi connectivity index (χ4v) is 1.17. The Balaban J connectivity index is 2.38. The Hall–Kier alpha value is -1.74. The number of rotatable bonds is 5. The molecule has 0 aliphatic rings. The second-order valence-electron chi connectivity index (χ2n) is 3.31. The summed E-state index contributed by atoms with van der Waals surface area (Å²) in [5, 5.41) is 10.6. The molecule has 0 saturated heterocycles. The maximum absolute atomic E-state index is 11.8. The number of ether oxygens (including phenoxy) is 1. The lowest BCUT2D eigenvalue weighted by molar-refractivity contribution is -0.125. The molecule has 1 rings (SSSR count). The fourth-order valence-electron chi connectivity index (χ4n) is 1.17. The van der Waals surface area contributed by atoms with Gasteiger partial charge in [-0.15, -0.1) is 0 Å².